The Labute approximate surface area is 178 Å². The monoisotopic (exact) mass is 469 g/mol. The number of carboxylic acids is 1. The summed E-state index contributed by atoms with van der Waals surface area (Å²) in [6.07, 6.45) is 0.357. The summed E-state index contributed by atoms with van der Waals surface area (Å²) in [5.74, 6) is -1.78. The van der Waals surface area contributed by atoms with Gasteiger partial charge in [-0.05, 0) is 31.2 Å². The van der Waals surface area contributed by atoms with Crippen LogP contribution in [0.5, 0.6) is 0 Å². The molecule has 1 aromatic rings. The molecule has 3 rings (SSSR count). The molecule has 1 aromatic heterocycles. The molecule has 2 saturated heterocycles. The molecule has 1 atom stereocenters. The first-order valence-electron chi connectivity index (χ1n) is 9.42. The van der Waals surface area contributed by atoms with Gasteiger partial charge in [0.15, 0.2) is 0 Å². The fourth-order valence-electron chi connectivity index (χ4n) is 3.33. The maximum absolute atomic E-state index is 12.2. The summed E-state index contributed by atoms with van der Waals surface area (Å²) in [4.78, 5) is 17.4. The third kappa shape index (κ3) is 6.24. The number of hydrogen-bond donors (Lipinski definition) is 2. The van der Waals surface area contributed by atoms with E-state index in [2.05, 4.69) is 15.3 Å². The van der Waals surface area contributed by atoms with Crippen molar-refractivity contribution in [2.24, 2.45) is 5.92 Å². The van der Waals surface area contributed by atoms with Crippen LogP contribution in [0, 0.1) is 12.8 Å². The second-order valence-electron chi connectivity index (χ2n) is 7.56. The van der Waals surface area contributed by atoms with E-state index in [1.807, 2.05) is 6.92 Å². The number of aliphatic carboxylic acids is 1. The van der Waals surface area contributed by atoms with Crippen molar-refractivity contribution in [2.75, 3.05) is 45.7 Å². The second-order valence-corrected chi connectivity index (χ2v) is 9.70. The van der Waals surface area contributed by atoms with Crippen LogP contribution in [0.15, 0.2) is 12.4 Å². The van der Waals surface area contributed by atoms with Crippen molar-refractivity contribution < 1.29 is 36.2 Å². The highest BCUT2D eigenvalue weighted by Crippen LogP contribution is 2.42. The van der Waals surface area contributed by atoms with Gasteiger partial charge in [0.2, 0.25) is 5.95 Å². The van der Waals surface area contributed by atoms with Crippen molar-refractivity contribution in [1.29, 1.82) is 0 Å². The van der Waals surface area contributed by atoms with Crippen LogP contribution in [0.25, 0.3) is 0 Å². The fraction of sp³-hybridized carbons (Fsp3) is 0.706. The van der Waals surface area contributed by atoms with Gasteiger partial charge < -0.3 is 15.2 Å². The summed E-state index contributed by atoms with van der Waals surface area (Å²) in [6, 6.07) is 0. The van der Waals surface area contributed by atoms with Gasteiger partial charge in [-0.3, -0.25) is 0 Å². The Morgan fingerprint density at radius 3 is 2.39 bits per heavy atom. The van der Waals surface area contributed by atoms with Gasteiger partial charge in [-0.15, -0.1) is 0 Å². The number of carboxylic acid groups (broad SMARTS) is 1. The lowest BCUT2D eigenvalue weighted by Crippen LogP contribution is -2.67. The molecule has 2 aliphatic heterocycles. The van der Waals surface area contributed by atoms with E-state index in [0.29, 0.717) is 31.6 Å². The fourth-order valence-corrected chi connectivity index (χ4v) is 4.55. The molecular weight excluding hydrogens is 443 g/mol. The van der Waals surface area contributed by atoms with E-state index in [1.165, 1.54) is 8.61 Å². The van der Waals surface area contributed by atoms with Crippen LogP contribution in [-0.4, -0.2) is 90.2 Å². The number of aromatic nitrogens is 2. The maximum atomic E-state index is 12.2. The Kier molecular flexibility index (Phi) is 7.84. The van der Waals surface area contributed by atoms with Crippen LogP contribution < -0.4 is 5.32 Å². The molecule has 2 N–H and O–H groups in total. The Hall–Kier alpha value is -2.03. The highest BCUT2D eigenvalue weighted by atomic mass is 32.2. The number of carbonyl (C=O) groups is 1. The summed E-state index contributed by atoms with van der Waals surface area (Å²) < 4.78 is 64.7. The molecule has 176 valence electrons. The molecule has 1 spiro atoms. The zero-order chi connectivity index (χ0) is 23.4. The summed E-state index contributed by atoms with van der Waals surface area (Å²) in [5, 5.41) is 10.4. The number of aryl methyl sites for hydroxylation is 1. The molecule has 3 heterocycles. The minimum absolute atomic E-state index is 0.321. The molecule has 2 aliphatic rings. The third-order valence-electron chi connectivity index (χ3n) is 5.07. The molecule has 0 amide bonds. The molecule has 2 fully saturated rings. The van der Waals surface area contributed by atoms with Gasteiger partial charge in [0.1, 0.15) is 0 Å². The van der Waals surface area contributed by atoms with E-state index in [0.717, 1.165) is 24.9 Å². The quantitative estimate of drug-likeness (QED) is 0.635. The van der Waals surface area contributed by atoms with Gasteiger partial charge in [-0.25, -0.2) is 14.8 Å². The van der Waals surface area contributed by atoms with Crippen molar-refractivity contribution in [3.8, 4) is 0 Å². The molecule has 10 nitrogen and oxygen atoms in total. The van der Waals surface area contributed by atoms with Crippen LogP contribution in [-0.2, 0) is 19.7 Å². The number of nitrogens with zero attached hydrogens (tertiary/aromatic N) is 4. The van der Waals surface area contributed by atoms with E-state index in [1.54, 1.807) is 26.5 Å². The minimum Gasteiger partial charge on any atom is -0.475 e. The highest BCUT2D eigenvalue weighted by Gasteiger charge is 2.56. The number of halogens is 3. The molecular formula is C17H26F3N5O5S. The predicted octanol–water partition coefficient (Wildman–Crippen LogP) is 1.12. The molecule has 0 aliphatic carbocycles. The van der Waals surface area contributed by atoms with Crippen LogP contribution in [0.4, 0.5) is 19.1 Å². The molecule has 0 bridgehead atoms. The summed E-state index contributed by atoms with van der Waals surface area (Å²) in [5.41, 5.74) is 0.708. The largest absolute Gasteiger partial charge is 0.490 e. The topological polar surface area (TPSA) is 125 Å². The SMILES string of the molecule is Cc1cnc(NCCC2CCOC23CN(S(=O)(=O)N(C)C)C3)nc1.O=C(O)C(F)(F)F. The minimum atomic E-state index is -5.08. The van der Waals surface area contributed by atoms with Crippen LogP contribution >= 0.6 is 0 Å². The average Bonchev–Trinajstić information content (AvgIpc) is 3.06. The molecule has 31 heavy (non-hydrogen) atoms. The van der Waals surface area contributed by atoms with Crippen molar-refractivity contribution >= 4 is 22.1 Å². The van der Waals surface area contributed by atoms with Gasteiger partial charge in [-0.1, -0.05) is 0 Å². The molecule has 0 saturated carbocycles. The third-order valence-corrected chi connectivity index (χ3v) is 6.91. The van der Waals surface area contributed by atoms with Gasteiger partial charge in [0.25, 0.3) is 10.2 Å². The van der Waals surface area contributed by atoms with Crippen LogP contribution in [0.1, 0.15) is 18.4 Å². The zero-order valence-corrected chi connectivity index (χ0v) is 18.2. The number of alkyl halides is 3. The Morgan fingerprint density at radius 1 is 1.35 bits per heavy atom. The van der Waals surface area contributed by atoms with Crippen LogP contribution in [0.2, 0.25) is 0 Å². The Balaban J connectivity index is 0.000000423. The first kappa shape index (κ1) is 25.2. The standard InChI is InChI=1S/C15H25N5O3S.C2HF3O2/c1-12-8-17-14(18-9-12)16-6-4-13-5-7-23-15(13)10-20(11-15)24(21,22)19(2)3;3-2(4,5)1(6)7/h8-9,13H,4-7,10-11H2,1-3H3,(H,16,17,18);(H,6,7). The van der Waals surface area contributed by atoms with Crippen molar-refractivity contribution in [1.82, 2.24) is 18.6 Å². The lowest BCUT2D eigenvalue weighted by Gasteiger charge is -2.49. The van der Waals surface area contributed by atoms with Crippen molar-refractivity contribution in [3.63, 3.8) is 0 Å². The average molecular weight is 469 g/mol. The molecule has 0 radical (unpaired) electrons. The van der Waals surface area contributed by atoms with Gasteiger partial charge in [-0.2, -0.15) is 30.2 Å². The lowest BCUT2D eigenvalue weighted by atomic mass is 9.80. The number of hydrogen-bond acceptors (Lipinski definition) is 7. The second kappa shape index (κ2) is 9.63. The van der Waals surface area contributed by atoms with E-state index < -0.39 is 22.4 Å². The smallest absolute Gasteiger partial charge is 0.475 e. The highest BCUT2D eigenvalue weighted by molar-refractivity contribution is 7.86. The van der Waals surface area contributed by atoms with Crippen LogP contribution in [0.3, 0.4) is 0 Å². The van der Waals surface area contributed by atoms with Gasteiger partial charge in [0, 0.05) is 52.7 Å². The number of ether oxygens (including phenoxy) is 1. The Morgan fingerprint density at radius 2 is 1.90 bits per heavy atom. The number of nitrogens with one attached hydrogen (secondary N) is 1. The molecule has 1 unspecified atom stereocenters. The van der Waals surface area contributed by atoms with Crippen molar-refractivity contribution in [3.05, 3.63) is 18.0 Å². The number of anilines is 1. The van der Waals surface area contributed by atoms with E-state index in [-0.39, 0.29) is 5.60 Å². The van der Waals surface area contributed by atoms with Crippen molar-refractivity contribution in [2.45, 2.75) is 31.5 Å². The van der Waals surface area contributed by atoms with Gasteiger partial charge >= 0.3 is 12.1 Å². The van der Waals surface area contributed by atoms with E-state index in [4.69, 9.17) is 14.6 Å². The zero-order valence-electron chi connectivity index (χ0n) is 17.4. The first-order valence-corrected chi connectivity index (χ1v) is 10.8. The number of rotatable bonds is 6. The normalized spacial score (nSPS) is 20.8. The maximum Gasteiger partial charge on any atom is 0.490 e. The summed E-state index contributed by atoms with van der Waals surface area (Å²) in [6.45, 7) is 4.28. The van der Waals surface area contributed by atoms with E-state index in [9.17, 15) is 21.6 Å². The lowest BCUT2D eigenvalue weighted by molar-refractivity contribution is -0.192. The Bertz CT molecular complexity index is 858. The summed E-state index contributed by atoms with van der Waals surface area (Å²) in [7, 11) is -0.235. The predicted molar refractivity (Wildman–Crippen MR) is 105 cm³/mol. The molecule has 14 heteroatoms. The van der Waals surface area contributed by atoms with E-state index >= 15 is 0 Å². The first-order chi connectivity index (χ1) is 14.3. The van der Waals surface area contributed by atoms with Gasteiger partial charge in [0.05, 0.1) is 5.60 Å². The summed E-state index contributed by atoms with van der Waals surface area (Å²) >= 11 is 0. The molecule has 0 aromatic carbocycles.